The lowest BCUT2D eigenvalue weighted by Gasteiger charge is -2.25. The molecule has 0 amide bonds. The van der Waals surface area contributed by atoms with Crippen molar-refractivity contribution in [3.63, 3.8) is 0 Å². The second-order valence-electron chi connectivity index (χ2n) is 4.37. The topological polar surface area (TPSA) is 33.3 Å². The molecular formula is C13H20N2O. The van der Waals surface area contributed by atoms with Gasteiger partial charge in [-0.2, -0.15) is 0 Å². The molecular weight excluding hydrogens is 200 g/mol. The summed E-state index contributed by atoms with van der Waals surface area (Å²) in [6.07, 6.45) is 1.03. The van der Waals surface area contributed by atoms with E-state index < -0.39 is 0 Å². The number of hydrogen-bond acceptors (Lipinski definition) is 3. The van der Waals surface area contributed by atoms with Gasteiger partial charge in [-0.05, 0) is 25.0 Å². The first-order valence-corrected chi connectivity index (χ1v) is 5.87. The van der Waals surface area contributed by atoms with E-state index in [0.29, 0.717) is 6.04 Å². The summed E-state index contributed by atoms with van der Waals surface area (Å²) in [7, 11) is 1.74. The summed E-state index contributed by atoms with van der Waals surface area (Å²) in [6.45, 7) is 5.28. The van der Waals surface area contributed by atoms with Gasteiger partial charge in [-0.3, -0.25) is 0 Å². The van der Waals surface area contributed by atoms with Crippen molar-refractivity contribution >= 4 is 0 Å². The Labute approximate surface area is 97.2 Å². The Morgan fingerprint density at radius 2 is 2.25 bits per heavy atom. The molecule has 2 N–H and O–H groups in total. The van der Waals surface area contributed by atoms with E-state index in [4.69, 9.17) is 4.74 Å². The molecule has 1 aliphatic heterocycles. The van der Waals surface area contributed by atoms with Crippen LogP contribution < -0.4 is 15.4 Å². The molecule has 1 heterocycles. The van der Waals surface area contributed by atoms with Gasteiger partial charge in [-0.1, -0.05) is 17.7 Å². The van der Waals surface area contributed by atoms with Gasteiger partial charge in [0, 0.05) is 25.7 Å². The summed E-state index contributed by atoms with van der Waals surface area (Å²) in [5, 5.41) is 6.92. The third-order valence-electron chi connectivity index (χ3n) is 3.03. The number of rotatable bonds is 3. The Kier molecular flexibility index (Phi) is 3.80. The van der Waals surface area contributed by atoms with Gasteiger partial charge in [0.2, 0.25) is 0 Å². The van der Waals surface area contributed by atoms with Crippen molar-refractivity contribution in [2.45, 2.75) is 19.4 Å². The molecule has 1 unspecified atom stereocenters. The van der Waals surface area contributed by atoms with Crippen molar-refractivity contribution in [3.05, 3.63) is 29.3 Å². The molecule has 0 aliphatic carbocycles. The Balaban J connectivity index is 2.09. The maximum absolute atomic E-state index is 5.39. The van der Waals surface area contributed by atoms with Gasteiger partial charge >= 0.3 is 0 Å². The zero-order chi connectivity index (χ0) is 11.4. The highest BCUT2D eigenvalue weighted by molar-refractivity contribution is 5.37. The molecule has 2 rings (SSSR count). The fourth-order valence-corrected chi connectivity index (χ4v) is 2.19. The first kappa shape index (κ1) is 11.4. The number of aryl methyl sites for hydroxylation is 1. The number of ether oxygens (including phenoxy) is 1. The Bertz CT molecular complexity index is 346. The summed E-state index contributed by atoms with van der Waals surface area (Å²) >= 11 is 0. The van der Waals surface area contributed by atoms with Crippen molar-refractivity contribution in [3.8, 4) is 5.75 Å². The fraction of sp³-hybridized carbons (Fsp3) is 0.538. The van der Waals surface area contributed by atoms with Crippen LogP contribution in [-0.4, -0.2) is 32.8 Å². The average Bonchev–Trinajstić information content (AvgIpc) is 2.31. The van der Waals surface area contributed by atoms with Crippen LogP contribution in [0.25, 0.3) is 0 Å². The highest BCUT2D eigenvalue weighted by atomic mass is 16.5. The van der Waals surface area contributed by atoms with E-state index in [1.165, 1.54) is 11.1 Å². The maximum atomic E-state index is 5.39. The summed E-state index contributed by atoms with van der Waals surface area (Å²) in [5.41, 5.74) is 2.59. The van der Waals surface area contributed by atoms with Crippen LogP contribution in [0.1, 0.15) is 11.1 Å². The predicted octanol–water partition coefficient (Wildman–Crippen LogP) is 1.11. The minimum absolute atomic E-state index is 0.518. The van der Waals surface area contributed by atoms with Crippen LogP contribution in [0.5, 0.6) is 5.75 Å². The smallest absolute Gasteiger partial charge is 0.122 e. The first-order chi connectivity index (χ1) is 7.79. The molecule has 1 aliphatic rings. The molecule has 0 radical (unpaired) electrons. The van der Waals surface area contributed by atoms with E-state index >= 15 is 0 Å². The molecule has 3 heteroatoms. The Morgan fingerprint density at radius 3 is 2.94 bits per heavy atom. The zero-order valence-electron chi connectivity index (χ0n) is 10.0. The molecule has 88 valence electrons. The summed E-state index contributed by atoms with van der Waals surface area (Å²) < 4.78 is 5.39. The molecule has 0 bridgehead atoms. The van der Waals surface area contributed by atoms with Gasteiger partial charge in [0.25, 0.3) is 0 Å². The normalized spacial score (nSPS) is 20.8. The van der Waals surface area contributed by atoms with Gasteiger partial charge in [-0.15, -0.1) is 0 Å². The van der Waals surface area contributed by atoms with Gasteiger partial charge in [0.1, 0.15) is 5.75 Å². The van der Waals surface area contributed by atoms with Crippen molar-refractivity contribution in [2.75, 3.05) is 26.7 Å². The molecule has 3 nitrogen and oxygen atoms in total. The molecule has 1 aromatic carbocycles. The van der Waals surface area contributed by atoms with Crippen molar-refractivity contribution in [1.82, 2.24) is 10.6 Å². The third-order valence-corrected chi connectivity index (χ3v) is 3.03. The molecule has 0 spiro atoms. The van der Waals surface area contributed by atoms with Gasteiger partial charge in [0.15, 0.2) is 0 Å². The predicted molar refractivity (Wildman–Crippen MR) is 66.1 cm³/mol. The third kappa shape index (κ3) is 2.74. The van der Waals surface area contributed by atoms with E-state index in [1.807, 2.05) is 0 Å². The number of benzene rings is 1. The minimum atomic E-state index is 0.518. The molecule has 0 saturated carbocycles. The largest absolute Gasteiger partial charge is 0.496 e. The first-order valence-electron chi connectivity index (χ1n) is 5.87. The fourth-order valence-electron chi connectivity index (χ4n) is 2.19. The Hall–Kier alpha value is -1.06. The average molecular weight is 220 g/mol. The van der Waals surface area contributed by atoms with Crippen molar-refractivity contribution in [1.29, 1.82) is 0 Å². The van der Waals surface area contributed by atoms with E-state index in [1.54, 1.807) is 7.11 Å². The van der Waals surface area contributed by atoms with Crippen molar-refractivity contribution < 1.29 is 4.74 Å². The van der Waals surface area contributed by atoms with Crippen molar-refractivity contribution in [2.24, 2.45) is 0 Å². The van der Waals surface area contributed by atoms with Crippen LogP contribution in [0.2, 0.25) is 0 Å². The van der Waals surface area contributed by atoms with E-state index in [9.17, 15) is 0 Å². The molecule has 0 aromatic heterocycles. The lowest BCUT2D eigenvalue weighted by molar-refractivity contribution is 0.390. The molecule has 1 fully saturated rings. The number of nitrogens with one attached hydrogen (secondary N) is 2. The molecule has 1 atom stereocenters. The highest BCUT2D eigenvalue weighted by Crippen LogP contribution is 2.21. The standard InChI is InChI=1S/C13H20N2O/c1-10-3-4-13(16-2)11(7-10)8-12-9-14-5-6-15-12/h3-4,7,12,14-15H,5-6,8-9H2,1-2H3. The van der Waals surface area contributed by atoms with Gasteiger partial charge in [-0.25, -0.2) is 0 Å². The minimum Gasteiger partial charge on any atom is -0.496 e. The van der Waals surface area contributed by atoms with Gasteiger partial charge < -0.3 is 15.4 Å². The highest BCUT2D eigenvalue weighted by Gasteiger charge is 2.14. The second kappa shape index (κ2) is 5.32. The maximum Gasteiger partial charge on any atom is 0.122 e. The summed E-state index contributed by atoms with van der Waals surface area (Å²) in [5.74, 6) is 0.998. The van der Waals surface area contributed by atoms with E-state index in [0.717, 1.165) is 31.8 Å². The SMILES string of the molecule is COc1ccc(C)cc1CC1CNCCN1. The van der Waals surface area contributed by atoms with E-state index in [2.05, 4.69) is 35.8 Å². The van der Waals surface area contributed by atoms with Crippen LogP contribution in [0.4, 0.5) is 0 Å². The van der Waals surface area contributed by atoms with Crippen LogP contribution >= 0.6 is 0 Å². The number of piperazine rings is 1. The van der Waals surface area contributed by atoms with Crippen LogP contribution in [0.3, 0.4) is 0 Å². The second-order valence-corrected chi connectivity index (χ2v) is 4.37. The monoisotopic (exact) mass is 220 g/mol. The lowest BCUT2D eigenvalue weighted by Crippen LogP contribution is -2.49. The Morgan fingerprint density at radius 1 is 1.38 bits per heavy atom. The lowest BCUT2D eigenvalue weighted by atomic mass is 10.0. The number of methoxy groups -OCH3 is 1. The summed E-state index contributed by atoms with van der Waals surface area (Å²) in [4.78, 5) is 0. The van der Waals surface area contributed by atoms with Crippen LogP contribution in [0, 0.1) is 6.92 Å². The zero-order valence-corrected chi connectivity index (χ0v) is 10.0. The van der Waals surface area contributed by atoms with Gasteiger partial charge in [0.05, 0.1) is 7.11 Å². The summed E-state index contributed by atoms with van der Waals surface area (Å²) in [6, 6.07) is 6.88. The quantitative estimate of drug-likeness (QED) is 0.800. The molecule has 1 aromatic rings. The number of hydrogen-bond donors (Lipinski definition) is 2. The van der Waals surface area contributed by atoms with Crippen LogP contribution in [-0.2, 0) is 6.42 Å². The molecule has 16 heavy (non-hydrogen) atoms. The van der Waals surface area contributed by atoms with E-state index in [-0.39, 0.29) is 0 Å². The molecule has 1 saturated heterocycles. The van der Waals surface area contributed by atoms with Crippen LogP contribution in [0.15, 0.2) is 18.2 Å².